The van der Waals surface area contributed by atoms with E-state index in [1.165, 1.54) is 0 Å². The molecule has 98 valence electrons. The van der Waals surface area contributed by atoms with Gasteiger partial charge in [0.25, 0.3) is 0 Å². The summed E-state index contributed by atoms with van der Waals surface area (Å²) >= 11 is 0. The number of carboxylic acids is 2. The van der Waals surface area contributed by atoms with Crippen molar-refractivity contribution in [1.29, 1.82) is 0 Å². The molecule has 2 N–H and O–H groups in total. The first-order chi connectivity index (χ1) is 8.63. The molecule has 2 rings (SSSR count). The predicted molar refractivity (Wildman–Crippen MR) is 61.9 cm³/mol. The summed E-state index contributed by atoms with van der Waals surface area (Å²) in [6, 6.07) is 7.33. The Labute approximate surface area is 103 Å². The highest BCUT2D eigenvalue weighted by atomic mass is 16.4. The van der Waals surface area contributed by atoms with Crippen molar-refractivity contribution in [2.24, 2.45) is 0 Å². The van der Waals surface area contributed by atoms with Crippen LogP contribution >= 0.6 is 0 Å². The van der Waals surface area contributed by atoms with E-state index < -0.39 is 11.9 Å². The molecule has 0 spiro atoms. The molecule has 0 aliphatic carbocycles. The first-order valence-electron chi connectivity index (χ1n) is 5.01. The number of hydrogen-bond donors (Lipinski definition) is 2. The maximum atomic E-state index is 9.64. The minimum Gasteiger partial charge on any atom is -0.481 e. The zero-order valence-electron chi connectivity index (χ0n) is 9.56. The molecule has 0 aromatic carbocycles. The topological polar surface area (TPSA) is 101 Å². The number of furan rings is 2. The number of carbonyl (C=O) groups is 2. The molecule has 6 nitrogen and oxygen atoms in total. The Kier molecular flexibility index (Phi) is 9.47. The molecule has 2 heterocycles. The van der Waals surface area contributed by atoms with Crippen molar-refractivity contribution in [3.63, 3.8) is 0 Å². The summed E-state index contributed by atoms with van der Waals surface area (Å²) in [5, 5.41) is 15.8. The molecule has 18 heavy (non-hydrogen) atoms. The van der Waals surface area contributed by atoms with Gasteiger partial charge in [0, 0.05) is 0 Å². The Morgan fingerprint density at radius 3 is 1.11 bits per heavy atom. The largest absolute Gasteiger partial charge is 0.481 e. The van der Waals surface area contributed by atoms with Gasteiger partial charge in [-0.3, -0.25) is 9.59 Å². The summed E-state index contributed by atoms with van der Waals surface area (Å²) in [5.41, 5.74) is 0. The number of carboxylic acid groups (broad SMARTS) is 2. The van der Waals surface area contributed by atoms with Crippen LogP contribution in [0, 0.1) is 0 Å². The molecule has 2 aromatic heterocycles. The minimum atomic E-state index is -1.08. The van der Waals surface area contributed by atoms with E-state index >= 15 is 0 Å². The Morgan fingerprint density at radius 2 is 1.00 bits per heavy atom. The Morgan fingerprint density at radius 1 is 0.722 bits per heavy atom. The molecule has 0 bridgehead atoms. The van der Waals surface area contributed by atoms with E-state index in [9.17, 15) is 9.59 Å². The molecule has 0 saturated heterocycles. The van der Waals surface area contributed by atoms with Gasteiger partial charge in [-0.15, -0.1) is 0 Å². The minimum absolute atomic E-state index is 0.296. The molecule has 0 fully saturated rings. The normalized spacial score (nSPS) is 8.22. The van der Waals surface area contributed by atoms with Gasteiger partial charge in [0.05, 0.1) is 37.9 Å². The lowest BCUT2D eigenvalue weighted by molar-refractivity contribution is -0.143. The second-order valence-electron chi connectivity index (χ2n) is 2.87. The van der Waals surface area contributed by atoms with Crippen molar-refractivity contribution in [3.8, 4) is 0 Å². The molecule has 0 unspecified atom stereocenters. The van der Waals surface area contributed by atoms with Crippen molar-refractivity contribution in [2.75, 3.05) is 0 Å². The highest BCUT2D eigenvalue weighted by Crippen LogP contribution is 1.86. The summed E-state index contributed by atoms with van der Waals surface area (Å²) in [6.45, 7) is 0. The zero-order chi connectivity index (χ0) is 13.6. The second kappa shape index (κ2) is 11.0. The molecular weight excluding hydrogens is 240 g/mol. The van der Waals surface area contributed by atoms with Gasteiger partial charge in [-0.25, -0.2) is 0 Å². The smallest absolute Gasteiger partial charge is 0.303 e. The molecule has 0 aliphatic heterocycles. The monoisotopic (exact) mass is 254 g/mol. The van der Waals surface area contributed by atoms with Crippen LogP contribution < -0.4 is 0 Å². The van der Waals surface area contributed by atoms with E-state index in [2.05, 4.69) is 8.83 Å². The number of hydrogen-bond acceptors (Lipinski definition) is 4. The fraction of sp³-hybridized carbons (Fsp3) is 0.167. The van der Waals surface area contributed by atoms with Gasteiger partial charge in [0.2, 0.25) is 0 Å². The maximum absolute atomic E-state index is 9.64. The molecule has 0 atom stereocenters. The molecule has 2 aromatic rings. The van der Waals surface area contributed by atoms with E-state index in [1.807, 2.05) is 24.3 Å². The quantitative estimate of drug-likeness (QED) is 0.872. The van der Waals surface area contributed by atoms with Crippen LogP contribution in [-0.2, 0) is 9.59 Å². The average molecular weight is 254 g/mol. The third kappa shape index (κ3) is 13.5. The average Bonchev–Trinajstić information content (AvgIpc) is 3.03. The predicted octanol–water partition coefficient (Wildman–Crippen LogP) is 2.50. The highest BCUT2D eigenvalue weighted by Gasteiger charge is 2.00. The zero-order valence-corrected chi connectivity index (χ0v) is 9.56. The third-order valence-electron chi connectivity index (χ3n) is 1.40. The van der Waals surface area contributed by atoms with Crippen molar-refractivity contribution in [3.05, 3.63) is 49.3 Å². The Bertz CT molecular complexity index is 315. The molecular formula is C12H14O6. The van der Waals surface area contributed by atoms with Gasteiger partial charge in [-0.05, 0) is 24.3 Å². The van der Waals surface area contributed by atoms with Crippen molar-refractivity contribution in [1.82, 2.24) is 0 Å². The molecule has 0 amide bonds. The molecule has 0 saturated carbocycles. The van der Waals surface area contributed by atoms with Gasteiger partial charge >= 0.3 is 11.9 Å². The van der Waals surface area contributed by atoms with Crippen LogP contribution in [0.5, 0.6) is 0 Å². The van der Waals surface area contributed by atoms with Crippen LogP contribution in [0.2, 0.25) is 0 Å². The van der Waals surface area contributed by atoms with E-state index in [0.29, 0.717) is 0 Å². The van der Waals surface area contributed by atoms with Crippen LogP contribution in [0.15, 0.2) is 58.2 Å². The lowest BCUT2D eigenvalue weighted by atomic mass is 10.3. The van der Waals surface area contributed by atoms with Crippen molar-refractivity contribution in [2.45, 2.75) is 12.8 Å². The maximum Gasteiger partial charge on any atom is 0.303 e. The summed E-state index contributed by atoms with van der Waals surface area (Å²) < 4.78 is 9.17. The van der Waals surface area contributed by atoms with Gasteiger partial charge in [0.15, 0.2) is 0 Å². The van der Waals surface area contributed by atoms with Crippen LogP contribution in [0.4, 0.5) is 0 Å². The van der Waals surface area contributed by atoms with E-state index in [0.717, 1.165) is 0 Å². The van der Waals surface area contributed by atoms with Crippen LogP contribution in [0.1, 0.15) is 12.8 Å². The van der Waals surface area contributed by atoms with Crippen LogP contribution in [0.3, 0.4) is 0 Å². The van der Waals surface area contributed by atoms with E-state index in [1.54, 1.807) is 25.1 Å². The van der Waals surface area contributed by atoms with Gasteiger partial charge in [-0.2, -0.15) is 0 Å². The fourth-order valence-corrected chi connectivity index (χ4v) is 0.667. The summed E-state index contributed by atoms with van der Waals surface area (Å²) in [4.78, 5) is 19.3. The van der Waals surface area contributed by atoms with Gasteiger partial charge in [-0.1, -0.05) is 0 Å². The van der Waals surface area contributed by atoms with E-state index in [4.69, 9.17) is 10.2 Å². The number of aliphatic carboxylic acids is 2. The summed E-state index contributed by atoms with van der Waals surface area (Å²) in [5.74, 6) is -2.15. The fourth-order valence-electron chi connectivity index (χ4n) is 0.667. The van der Waals surface area contributed by atoms with Crippen LogP contribution in [-0.4, -0.2) is 22.2 Å². The molecule has 0 aliphatic rings. The highest BCUT2D eigenvalue weighted by molar-refractivity contribution is 5.75. The lowest BCUT2D eigenvalue weighted by Crippen LogP contribution is -2.00. The lowest BCUT2D eigenvalue weighted by Gasteiger charge is -1.85. The van der Waals surface area contributed by atoms with E-state index in [-0.39, 0.29) is 12.8 Å². The first-order valence-corrected chi connectivity index (χ1v) is 5.01. The molecule has 6 heteroatoms. The standard InChI is InChI=1S/C4H6O4.2C4H4O/c5-3(6)1-2-4(7)8;2*1-2-4-5-3-1/h1-2H2,(H,5,6)(H,7,8);2*1-4H. The first kappa shape index (κ1) is 15.5. The number of rotatable bonds is 3. The second-order valence-corrected chi connectivity index (χ2v) is 2.87. The third-order valence-corrected chi connectivity index (χ3v) is 1.40. The SMILES string of the molecule is O=C(O)CCC(=O)O.c1ccoc1.c1ccoc1. The molecule has 0 radical (unpaired) electrons. The van der Waals surface area contributed by atoms with Crippen molar-refractivity contribution >= 4 is 11.9 Å². The Hall–Kier alpha value is -2.50. The Balaban J connectivity index is 0.000000250. The van der Waals surface area contributed by atoms with Gasteiger partial charge < -0.3 is 19.0 Å². The van der Waals surface area contributed by atoms with Crippen LogP contribution in [0.25, 0.3) is 0 Å². The van der Waals surface area contributed by atoms with Crippen molar-refractivity contribution < 1.29 is 28.6 Å². The summed E-state index contributed by atoms with van der Waals surface area (Å²) in [6.07, 6.45) is 5.91. The van der Waals surface area contributed by atoms with Gasteiger partial charge in [0.1, 0.15) is 0 Å². The summed E-state index contributed by atoms with van der Waals surface area (Å²) in [7, 11) is 0.